The zero-order valence-electron chi connectivity index (χ0n) is 18.9. The number of nitrogens with one attached hydrogen (secondary N) is 2. The van der Waals surface area contributed by atoms with Crippen molar-refractivity contribution in [1.29, 1.82) is 0 Å². The summed E-state index contributed by atoms with van der Waals surface area (Å²) in [5, 5.41) is 22.9. The maximum Gasteiger partial charge on any atom is 0.324 e. The molecule has 33 heavy (non-hydrogen) atoms. The molecule has 0 aliphatic carbocycles. The van der Waals surface area contributed by atoms with Crippen LogP contribution < -0.4 is 10.6 Å². The number of anilines is 2. The van der Waals surface area contributed by atoms with Gasteiger partial charge in [0.2, 0.25) is 0 Å². The van der Waals surface area contributed by atoms with Crippen molar-refractivity contribution in [2.75, 3.05) is 17.2 Å². The van der Waals surface area contributed by atoms with Crippen LogP contribution in [-0.2, 0) is 11.8 Å². The summed E-state index contributed by atoms with van der Waals surface area (Å²) in [5.41, 5.74) is 3.11. The van der Waals surface area contributed by atoms with Crippen LogP contribution in [0, 0.1) is 0 Å². The summed E-state index contributed by atoms with van der Waals surface area (Å²) < 4.78 is 1.75. The molecule has 3 N–H and O–H groups in total. The molecular weight excluding hydrogens is 436 g/mol. The maximum atomic E-state index is 12.8. The SMILES string of the molecule is CC(C)(C)c1cc(NC(=O)Nc2ccc(Cl)cc2)n(-c2cc(CCO)c3ccccc3c2)n1. The van der Waals surface area contributed by atoms with E-state index in [9.17, 15) is 9.90 Å². The Bertz CT molecular complexity index is 1290. The fourth-order valence-corrected chi connectivity index (χ4v) is 3.79. The maximum absolute atomic E-state index is 12.8. The average molecular weight is 463 g/mol. The molecule has 0 aliphatic heterocycles. The van der Waals surface area contributed by atoms with Crippen LogP contribution >= 0.6 is 11.6 Å². The molecule has 6 nitrogen and oxygen atoms in total. The van der Waals surface area contributed by atoms with Crippen LogP contribution in [0.3, 0.4) is 0 Å². The van der Waals surface area contributed by atoms with Gasteiger partial charge in [-0.3, -0.25) is 5.32 Å². The molecular formula is C26H27ClN4O2. The first-order valence-electron chi connectivity index (χ1n) is 10.8. The molecule has 0 bridgehead atoms. The van der Waals surface area contributed by atoms with Gasteiger partial charge in [0, 0.05) is 28.8 Å². The van der Waals surface area contributed by atoms with Gasteiger partial charge in [-0.2, -0.15) is 5.10 Å². The van der Waals surface area contributed by atoms with Gasteiger partial charge >= 0.3 is 6.03 Å². The van der Waals surface area contributed by atoms with E-state index in [0.717, 1.165) is 27.7 Å². The second-order valence-electron chi connectivity index (χ2n) is 8.96. The molecule has 4 rings (SSSR count). The average Bonchev–Trinajstić information content (AvgIpc) is 3.20. The van der Waals surface area contributed by atoms with Crippen molar-refractivity contribution in [1.82, 2.24) is 9.78 Å². The molecule has 3 aromatic carbocycles. The molecule has 0 unspecified atom stereocenters. The number of rotatable bonds is 5. The highest BCUT2D eigenvalue weighted by molar-refractivity contribution is 6.30. The van der Waals surface area contributed by atoms with Crippen LogP contribution in [0.15, 0.2) is 66.7 Å². The smallest absolute Gasteiger partial charge is 0.324 e. The van der Waals surface area contributed by atoms with Crippen molar-refractivity contribution in [3.63, 3.8) is 0 Å². The second-order valence-corrected chi connectivity index (χ2v) is 9.40. The number of hydrogen-bond donors (Lipinski definition) is 3. The summed E-state index contributed by atoms with van der Waals surface area (Å²) in [6, 6.07) is 20.5. The van der Waals surface area contributed by atoms with E-state index in [1.54, 1.807) is 28.9 Å². The molecule has 0 aliphatic rings. The number of fused-ring (bicyclic) bond motifs is 1. The van der Waals surface area contributed by atoms with Crippen molar-refractivity contribution in [2.24, 2.45) is 0 Å². The van der Waals surface area contributed by atoms with E-state index in [4.69, 9.17) is 16.7 Å². The Morgan fingerprint density at radius 3 is 2.45 bits per heavy atom. The summed E-state index contributed by atoms with van der Waals surface area (Å²) in [6.45, 7) is 6.28. The number of aliphatic hydroxyl groups excluding tert-OH is 1. The fraction of sp³-hybridized carbons (Fsp3) is 0.231. The Labute approximate surface area is 198 Å². The minimum absolute atomic E-state index is 0.0500. The molecule has 0 radical (unpaired) electrons. The summed E-state index contributed by atoms with van der Waals surface area (Å²) in [6.07, 6.45) is 0.529. The van der Waals surface area contributed by atoms with Gasteiger partial charge in [0.1, 0.15) is 5.82 Å². The predicted octanol–water partition coefficient (Wildman–Crippen LogP) is 6.16. The summed E-state index contributed by atoms with van der Waals surface area (Å²) in [7, 11) is 0. The number of halogens is 1. The third-order valence-electron chi connectivity index (χ3n) is 5.38. The van der Waals surface area contributed by atoms with Crippen LogP contribution in [-0.4, -0.2) is 27.5 Å². The lowest BCUT2D eigenvalue weighted by Gasteiger charge is -2.15. The largest absolute Gasteiger partial charge is 0.396 e. The van der Waals surface area contributed by atoms with Crippen molar-refractivity contribution in [2.45, 2.75) is 32.6 Å². The van der Waals surface area contributed by atoms with Gasteiger partial charge in [-0.05, 0) is 59.2 Å². The minimum Gasteiger partial charge on any atom is -0.396 e. The van der Waals surface area contributed by atoms with Gasteiger partial charge in [-0.25, -0.2) is 9.48 Å². The second kappa shape index (κ2) is 9.25. The van der Waals surface area contributed by atoms with Crippen molar-refractivity contribution >= 4 is 39.9 Å². The van der Waals surface area contributed by atoms with E-state index in [1.165, 1.54) is 0 Å². The standard InChI is InChI=1S/C26H27ClN4O2/c1-26(2,3)23-16-24(29-25(33)28-20-10-8-19(27)9-11-20)31(30-23)21-14-17-6-4-5-7-22(17)18(15-21)12-13-32/h4-11,14-16,32H,12-13H2,1-3H3,(H2,28,29,33). The summed E-state index contributed by atoms with van der Waals surface area (Å²) in [5.74, 6) is 0.552. The Balaban J connectivity index is 1.74. The highest BCUT2D eigenvalue weighted by Gasteiger charge is 2.22. The minimum atomic E-state index is -0.379. The quantitative estimate of drug-likeness (QED) is 0.332. The first-order chi connectivity index (χ1) is 15.7. The van der Waals surface area contributed by atoms with Crippen molar-refractivity contribution in [3.8, 4) is 5.69 Å². The Hall–Kier alpha value is -3.35. The lowest BCUT2D eigenvalue weighted by Crippen LogP contribution is -2.21. The van der Waals surface area contributed by atoms with Crippen LogP contribution in [0.4, 0.5) is 16.3 Å². The van der Waals surface area contributed by atoms with Gasteiger partial charge < -0.3 is 10.4 Å². The van der Waals surface area contributed by atoms with Gasteiger partial charge in [0.25, 0.3) is 0 Å². The highest BCUT2D eigenvalue weighted by atomic mass is 35.5. The van der Waals surface area contributed by atoms with E-state index in [-0.39, 0.29) is 18.1 Å². The normalized spacial score (nSPS) is 11.5. The molecule has 0 atom stereocenters. The zero-order chi connectivity index (χ0) is 23.6. The van der Waals surface area contributed by atoms with Crippen LogP contribution in [0.5, 0.6) is 0 Å². The number of amides is 2. The Morgan fingerprint density at radius 1 is 1.03 bits per heavy atom. The summed E-state index contributed by atoms with van der Waals surface area (Å²) in [4.78, 5) is 12.8. The number of aromatic nitrogens is 2. The van der Waals surface area contributed by atoms with E-state index in [2.05, 4.69) is 31.4 Å². The third kappa shape index (κ3) is 5.18. The number of carbonyl (C=O) groups excluding carboxylic acids is 1. The predicted molar refractivity (Wildman–Crippen MR) is 135 cm³/mol. The Kier molecular flexibility index (Phi) is 6.40. The molecule has 0 fully saturated rings. The highest BCUT2D eigenvalue weighted by Crippen LogP contribution is 2.29. The van der Waals surface area contributed by atoms with Crippen LogP contribution in [0.1, 0.15) is 32.0 Å². The van der Waals surface area contributed by atoms with E-state index in [1.807, 2.05) is 42.5 Å². The molecule has 0 spiro atoms. The van der Waals surface area contributed by atoms with Crippen molar-refractivity contribution in [3.05, 3.63) is 83.0 Å². The number of nitrogens with zero attached hydrogens (tertiary/aromatic N) is 2. The van der Waals surface area contributed by atoms with E-state index >= 15 is 0 Å². The topological polar surface area (TPSA) is 79.2 Å². The molecule has 4 aromatic rings. The first kappa shape index (κ1) is 22.8. The van der Waals surface area contributed by atoms with Gasteiger partial charge in [0.05, 0.1) is 11.4 Å². The zero-order valence-corrected chi connectivity index (χ0v) is 19.6. The first-order valence-corrected chi connectivity index (χ1v) is 11.2. The lowest BCUT2D eigenvalue weighted by atomic mass is 9.92. The summed E-state index contributed by atoms with van der Waals surface area (Å²) >= 11 is 5.93. The Morgan fingerprint density at radius 2 is 1.76 bits per heavy atom. The third-order valence-corrected chi connectivity index (χ3v) is 5.63. The van der Waals surface area contributed by atoms with E-state index in [0.29, 0.717) is 22.9 Å². The monoisotopic (exact) mass is 462 g/mol. The molecule has 1 heterocycles. The van der Waals surface area contributed by atoms with E-state index < -0.39 is 0 Å². The molecule has 0 saturated heterocycles. The van der Waals surface area contributed by atoms with Gasteiger partial charge in [0.15, 0.2) is 0 Å². The number of benzene rings is 3. The van der Waals surface area contributed by atoms with Crippen molar-refractivity contribution < 1.29 is 9.90 Å². The fourth-order valence-electron chi connectivity index (χ4n) is 3.67. The molecule has 7 heteroatoms. The number of urea groups is 1. The molecule has 2 amide bonds. The molecule has 1 aromatic heterocycles. The number of aliphatic hydroxyl groups is 1. The van der Waals surface area contributed by atoms with Gasteiger partial charge in [-0.1, -0.05) is 56.6 Å². The van der Waals surface area contributed by atoms with Crippen LogP contribution in [0.2, 0.25) is 5.02 Å². The van der Waals surface area contributed by atoms with Crippen LogP contribution in [0.25, 0.3) is 16.5 Å². The molecule has 170 valence electrons. The molecule has 0 saturated carbocycles. The number of hydrogen-bond acceptors (Lipinski definition) is 3. The number of carbonyl (C=O) groups is 1. The lowest BCUT2D eigenvalue weighted by molar-refractivity contribution is 0.262. The van der Waals surface area contributed by atoms with Gasteiger partial charge in [-0.15, -0.1) is 0 Å².